The number of hydrogen-bond acceptors (Lipinski definition) is 4. The van der Waals surface area contributed by atoms with E-state index in [-0.39, 0.29) is 18.1 Å². The van der Waals surface area contributed by atoms with Crippen molar-refractivity contribution in [1.82, 2.24) is 4.57 Å². The molecule has 1 aromatic heterocycles. The number of nitro groups is 1. The summed E-state index contributed by atoms with van der Waals surface area (Å²) in [6.07, 6.45) is 2.06. The van der Waals surface area contributed by atoms with Gasteiger partial charge in [-0.25, -0.2) is 0 Å². The van der Waals surface area contributed by atoms with E-state index in [1.54, 1.807) is 13.0 Å². The molecule has 0 amide bonds. The van der Waals surface area contributed by atoms with Gasteiger partial charge in [0.2, 0.25) is 0 Å². The average molecular weight is 262 g/mol. The van der Waals surface area contributed by atoms with Gasteiger partial charge in [0.15, 0.2) is 0 Å². The summed E-state index contributed by atoms with van der Waals surface area (Å²) in [5, 5.41) is 11.7. The number of nitro benzene ring substituents is 1. The fourth-order valence-corrected chi connectivity index (χ4v) is 1.93. The minimum absolute atomic E-state index is 0.0450. The Labute approximate surface area is 109 Å². The number of hydrogen-bond donors (Lipinski definition) is 0. The van der Waals surface area contributed by atoms with E-state index in [2.05, 4.69) is 0 Å². The van der Waals surface area contributed by atoms with Gasteiger partial charge >= 0.3 is 5.97 Å². The van der Waals surface area contributed by atoms with Crippen molar-refractivity contribution in [2.75, 3.05) is 6.61 Å². The number of rotatable bonds is 5. The van der Waals surface area contributed by atoms with E-state index >= 15 is 0 Å². The Morgan fingerprint density at radius 1 is 1.42 bits per heavy atom. The third kappa shape index (κ3) is 2.90. The highest BCUT2D eigenvalue weighted by atomic mass is 16.6. The summed E-state index contributed by atoms with van der Waals surface area (Å²) in [5.41, 5.74) is 0.794. The molecular formula is C13H14N2O4. The molecule has 100 valence electrons. The molecule has 0 unspecified atom stereocenters. The second-order valence-corrected chi connectivity index (χ2v) is 4.06. The predicted molar refractivity (Wildman–Crippen MR) is 69.8 cm³/mol. The lowest BCUT2D eigenvalue weighted by molar-refractivity contribution is -0.384. The molecule has 0 spiro atoms. The first-order valence-corrected chi connectivity index (χ1v) is 6.00. The zero-order chi connectivity index (χ0) is 13.8. The number of aryl methyl sites for hydroxylation is 1. The zero-order valence-corrected chi connectivity index (χ0v) is 10.5. The Balaban J connectivity index is 2.21. The highest BCUT2D eigenvalue weighted by molar-refractivity contribution is 5.82. The van der Waals surface area contributed by atoms with Gasteiger partial charge in [0.05, 0.1) is 23.5 Å². The maximum Gasteiger partial charge on any atom is 0.307 e. The first-order valence-electron chi connectivity index (χ1n) is 6.00. The van der Waals surface area contributed by atoms with E-state index in [1.807, 2.05) is 16.8 Å². The molecule has 0 aliphatic carbocycles. The monoisotopic (exact) mass is 262 g/mol. The average Bonchev–Trinajstić information content (AvgIpc) is 2.79. The van der Waals surface area contributed by atoms with E-state index in [9.17, 15) is 14.9 Å². The predicted octanol–water partition coefficient (Wildman–Crippen LogP) is 2.50. The van der Waals surface area contributed by atoms with Crippen molar-refractivity contribution in [3.63, 3.8) is 0 Å². The van der Waals surface area contributed by atoms with Crippen molar-refractivity contribution in [3.8, 4) is 0 Å². The quantitative estimate of drug-likeness (QED) is 0.471. The van der Waals surface area contributed by atoms with Crippen molar-refractivity contribution in [1.29, 1.82) is 0 Å². The molecule has 0 saturated carbocycles. The molecule has 0 N–H and O–H groups in total. The summed E-state index contributed by atoms with van der Waals surface area (Å²) < 4.78 is 6.67. The van der Waals surface area contributed by atoms with Crippen LogP contribution in [0, 0.1) is 10.1 Å². The number of fused-ring (bicyclic) bond motifs is 1. The Kier molecular flexibility index (Phi) is 3.79. The van der Waals surface area contributed by atoms with E-state index < -0.39 is 4.92 Å². The van der Waals surface area contributed by atoms with Crippen molar-refractivity contribution < 1.29 is 14.5 Å². The third-order valence-electron chi connectivity index (χ3n) is 2.83. The van der Waals surface area contributed by atoms with Crippen molar-refractivity contribution >= 4 is 22.6 Å². The van der Waals surface area contributed by atoms with Crippen LogP contribution in [0.1, 0.15) is 13.3 Å². The van der Waals surface area contributed by atoms with Crippen LogP contribution >= 0.6 is 0 Å². The number of nitrogens with zero attached hydrogens (tertiary/aromatic N) is 2. The fourth-order valence-electron chi connectivity index (χ4n) is 1.93. The smallest absolute Gasteiger partial charge is 0.307 e. The zero-order valence-electron chi connectivity index (χ0n) is 10.5. The second-order valence-electron chi connectivity index (χ2n) is 4.06. The Hall–Kier alpha value is -2.37. The van der Waals surface area contributed by atoms with Crippen LogP contribution in [0.25, 0.3) is 10.9 Å². The number of esters is 1. The minimum atomic E-state index is -0.428. The highest BCUT2D eigenvalue weighted by Crippen LogP contribution is 2.22. The molecule has 1 aromatic carbocycles. The van der Waals surface area contributed by atoms with Gasteiger partial charge in [-0.3, -0.25) is 14.9 Å². The number of carbonyl (C=O) groups excluding carboxylic acids is 1. The molecule has 6 heteroatoms. The molecule has 0 fully saturated rings. The van der Waals surface area contributed by atoms with Crippen LogP contribution in [0.4, 0.5) is 5.69 Å². The SMILES string of the molecule is CCOC(=O)CCn1ccc2ccc([N+](=O)[O-])cc21. The lowest BCUT2D eigenvalue weighted by Crippen LogP contribution is -2.08. The Morgan fingerprint density at radius 3 is 2.89 bits per heavy atom. The van der Waals surface area contributed by atoms with Gasteiger partial charge in [-0.2, -0.15) is 0 Å². The first-order chi connectivity index (χ1) is 9.11. The number of aromatic nitrogens is 1. The summed E-state index contributed by atoms with van der Waals surface area (Å²) in [6.45, 7) is 2.56. The summed E-state index contributed by atoms with van der Waals surface area (Å²) in [5.74, 6) is -0.269. The first kappa shape index (κ1) is 13.1. The molecular weight excluding hydrogens is 248 g/mol. The fraction of sp³-hybridized carbons (Fsp3) is 0.308. The molecule has 0 radical (unpaired) electrons. The molecule has 19 heavy (non-hydrogen) atoms. The van der Waals surface area contributed by atoms with Crippen molar-refractivity contribution in [3.05, 3.63) is 40.6 Å². The molecule has 2 rings (SSSR count). The van der Waals surface area contributed by atoms with Gasteiger partial charge in [-0.05, 0) is 19.1 Å². The van der Waals surface area contributed by atoms with Gasteiger partial charge in [-0.15, -0.1) is 0 Å². The van der Waals surface area contributed by atoms with E-state index in [4.69, 9.17) is 4.74 Å². The van der Waals surface area contributed by atoms with Gasteiger partial charge in [0.1, 0.15) is 0 Å². The lowest BCUT2D eigenvalue weighted by Gasteiger charge is -2.05. The van der Waals surface area contributed by atoms with Crippen LogP contribution < -0.4 is 0 Å². The van der Waals surface area contributed by atoms with Gasteiger partial charge in [0, 0.05) is 30.3 Å². The molecule has 0 aliphatic heterocycles. The molecule has 1 heterocycles. The standard InChI is InChI=1S/C13H14N2O4/c1-2-19-13(16)6-8-14-7-5-10-3-4-11(15(17)18)9-12(10)14/h3-5,7,9H,2,6,8H2,1H3. The number of ether oxygens (including phenoxy) is 1. The molecule has 6 nitrogen and oxygen atoms in total. The summed E-state index contributed by atoms with van der Waals surface area (Å²) in [7, 11) is 0. The third-order valence-corrected chi connectivity index (χ3v) is 2.83. The van der Waals surface area contributed by atoms with E-state index in [0.29, 0.717) is 13.2 Å². The largest absolute Gasteiger partial charge is 0.466 e. The number of benzene rings is 1. The molecule has 2 aromatic rings. The van der Waals surface area contributed by atoms with Crippen LogP contribution in [0.15, 0.2) is 30.5 Å². The maximum absolute atomic E-state index is 11.3. The highest BCUT2D eigenvalue weighted by Gasteiger charge is 2.10. The lowest BCUT2D eigenvalue weighted by atomic mass is 10.2. The van der Waals surface area contributed by atoms with Gasteiger partial charge < -0.3 is 9.30 Å². The van der Waals surface area contributed by atoms with Crippen molar-refractivity contribution in [2.45, 2.75) is 19.9 Å². The summed E-state index contributed by atoms with van der Waals surface area (Å²) >= 11 is 0. The molecule has 0 saturated heterocycles. The molecule has 0 atom stereocenters. The van der Waals surface area contributed by atoms with Crippen LogP contribution in [0.5, 0.6) is 0 Å². The topological polar surface area (TPSA) is 74.4 Å². The minimum Gasteiger partial charge on any atom is -0.466 e. The maximum atomic E-state index is 11.3. The van der Waals surface area contributed by atoms with Crippen LogP contribution in [-0.2, 0) is 16.1 Å². The second kappa shape index (κ2) is 5.51. The molecule has 0 bridgehead atoms. The van der Waals surface area contributed by atoms with Crippen LogP contribution in [0.2, 0.25) is 0 Å². The van der Waals surface area contributed by atoms with Gasteiger partial charge in [-0.1, -0.05) is 0 Å². The normalized spacial score (nSPS) is 10.6. The van der Waals surface area contributed by atoms with E-state index in [0.717, 1.165) is 10.9 Å². The Bertz CT molecular complexity index is 618. The van der Waals surface area contributed by atoms with Crippen LogP contribution in [-0.4, -0.2) is 22.1 Å². The number of non-ortho nitro benzene ring substituents is 1. The number of carbonyl (C=O) groups is 1. The molecule has 0 aliphatic rings. The van der Waals surface area contributed by atoms with Gasteiger partial charge in [0.25, 0.3) is 5.69 Å². The Morgan fingerprint density at radius 2 is 2.21 bits per heavy atom. The summed E-state index contributed by atoms with van der Waals surface area (Å²) in [6, 6.07) is 6.55. The van der Waals surface area contributed by atoms with Crippen molar-refractivity contribution in [2.24, 2.45) is 0 Å². The van der Waals surface area contributed by atoms with Crippen LogP contribution in [0.3, 0.4) is 0 Å². The van der Waals surface area contributed by atoms with E-state index in [1.165, 1.54) is 12.1 Å². The summed E-state index contributed by atoms with van der Waals surface area (Å²) in [4.78, 5) is 21.6.